The molecule has 1 rings (SSSR count). The van der Waals surface area contributed by atoms with Gasteiger partial charge in [0, 0.05) is 0 Å². The number of quaternary nitrogens is 1. The summed E-state index contributed by atoms with van der Waals surface area (Å²) in [6.45, 7) is 6.18. The fourth-order valence-corrected chi connectivity index (χ4v) is 2.74. The lowest BCUT2D eigenvalue weighted by Crippen LogP contribution is -3.00. The maximum absolute atomic E-state index is 12.0. The van der Waals surface area contributed by atoms with Gasteiger partial charge in [-0.3, -0.25) is 0 Å². The molecule has 0 fully saturated rings. The van der Waals surface area contributed by atoms with Gasteiger partial charge in [0.15, 0.2) is 6.54 Å². The van der Waals surface area contributed by atoms with E-state index in [-0.39, 0.29) is 18.4 Å². The van der Waals surface area contributed by atoms with Crippen LogP contribution in [0.15, 0.2) is 42.0 Å². The molecule has 0 aromatic heterocycles. The molecule has 0 amide bonds. The van der Waals surface area contributed by atoms with Crippen molar-refractivity contribution in [1.29, 1.82) is 0 Å². The molecule has 0 aliphatic rings. The Morgan fingerprint density at radius 1 is 1.08 bits per heavy atom. The Kier molecular flexibility index (Phi) is 13.1. The fraction of sp³-hybridized carbons (Fsp3) is 0.591. The number of hydrogen-bond donors (Lipinski definition) is 0. The van der Waals surface area contributed by atoms with Gasteiger partial charge in [-0.15, -0.1) is 0 Å². The van der Waals surface area contributed by atoms with Crippen LogP contribution < -0.4 is 12.4 Å². The predicted molar refractivity (Wildman–Crippen MR) is 105 cm³/mol. The highest BCUT2D eigenvalue weighted by Gasteiger charge is 2.19. The van der Waals surface area contributed by atoms with Gasteiger partial charge in [0.1, 0.15) is 0 Å². The Labute approximate surface area is 166 Å². The number of benzene rings is 1. The number of halogens is 1. The molecule has 0 saturated heterocycles. The van der Waals surface area contributed by atoms with Crippen LogP contribution in [0.5, 0.6) is 0 Å². The second-order valence-corrected chi connectivity index (χ2v) is 7.62. The first-order valence-electron chi connectivity index (χ1n) is 9.60. The summed E-state index contributed by atoms with van der Waals surface area (Å²) >= 11 is 0. The van der Waals surface area contributed by atoms with E-state index in [1.165, 1.54) is 30.4 Å². The standard InChI is InChI=1S/C22H36NO2.ClH/c1-5-6-7-8-12-17-25-22(24)19-23(3,4)16-15-20(2)18-21-13-10-9-11-14-21;/h9-11,13-15H,5-8,12,16-19H2,1-4H3;1H/q+1;/p-1/b20-15-;. The maximum Gasteiger partial charge on any atom is 0.361 e. The minimum Gasteiger partial charge on any atom is -1.00 e. The summed E-state index contributed by atoms with van der Waals surface area (Å²) in [5, 5.41) is 0. The summed E-state index contributed by atoms with van der Waals surface area (Å²) in [7, 11) is 4.16. The third-order valence-electron chi connectivity index (χ3n) is 4.33. The van der Waals surface area contributed by atoms with Gasteiger partial charge in [0.05, 0.1) is 27.2 Å². The van der Waals surface area contributed by atoms with E-state index in [1.807, 2.05) is 6.07 Å². The minimum atomic E-state index is -0.0883. The van der Waals surface area contributed by atoms with E-state index in [1.54, 1.807) is 0 Å². The molecular weight excluding hydrogens is 346 g/mol. The van der Waals surface area contributed by atoms with Crippen LogP contribution in [0, 0.1) is 0 Å². The molecule has 0 atom stereocenters. The van der Waals surface area contributed by atoms with Crippen molar-refractivity contribution in [2.75, 3.05) is 33.8 Å². The van der Waals surface area contributed by atoms with E-state index in [0.29, 0.717) is 17.6 Å². The molecule has 148 valence electrons. The quantitative estimate of drug-likeness (QED) is 0.239. The van der Waals surface area contributed by atoms with Gasteiger partial charge < -0.3 is 21.6 Å². The Morgan fingerprint density at radius 2 is 1.73 bits per heavy atom. The molecule has 0 spiro atoms. The Balaban J connectivity index is 0.00000625. The van der Waals surface area contributed by atoms with Crippen LogP contribution in [-0.4, -0.2) is 44.2 Å². The van der Waals surface area contributed by atoms with E-state index in [9.17, 15) is 4.79 Å². The zero-order chi connectivity index (χ0) is 18.5. The maximum atomic E-state index is 12.0. The Hall–Kier alpha value is -1.32. The molecule has 0 bridgehead atoms. The highest BCUT2D eigenvalue weighted by molar-refractivity contribution is 5.70. The van der Waals surface area contributed by atoms with Crippen LogP contribution in [0.1, 0.15) is 51.5 Å². The molecule has 0 aliphatic carbocycles. The molecule has 3 nitrogen and oxygen atoms in total. The SMILES string of the molecule is CCCCCCCOC(=O)C[N+](C)(C)C/C=C(/C)Cc1ccccc1.[Cl-]. The van der Waals surface area contributed by atoms with E-state index < -0.39 is 0 Å². The Morgan fingerprint density at radius 3 is 2.38 bits per heavy atom. The number of nitrogens with zero attached hydrogens (tertiary/aromatic N) is 1. The number of esters is 1. The van der Waals surface area contributed by atoms with Crippen LogP contribution in [-0.2, 0) is 16.0 Å². The summed E-state index contributed by atoms with van der Waals surface area (Å²) in [6, 6.07) is 10.5. The molecule has 0 radical (unpaired) electrons. The predicted octanol–water partition coefficient (Wildman–Crippen LogP) is 1.77. The van der Waals surface area contributed by atoms with Gasteiger partial charge in [-0.1, -0.05) is 68.5 Å². The smallest absolute Gasteiger partial charge is 0.361 e. The summed E-state index contributed by atoms with van der Waals surface area (Å²) in [4.78, 5) is 12.0. The van der Waals surface area contributed by atoms with Crippen molar-refractivity contribution >= 4 is 5.97 Å². The number of ether oxygens (including phenoxy) is 1. The lowest BCUT2D eigenvalue weighted by Gasteiger charge is -2.27. The van der Waals surface area contributed by atoms with Crippen molar-refractivity contribution in [2.24, 2.45) is 0 Å². The first kappa shape index (κ1) is 24.7. The largest absolute Gasteiger partial charge is 1.00 e. The monoisotopic (exact) mass is 381 g/mol. The van der Waals surface area contributed by atoms with Crippen molar-refractivity contribution in [3.8, 4) is 0 Å². The zero-order valence-corrected chi connectivity index (χ0v) is 17.7. The normalized spacial score (nSPS) is 11.8. The summed E-state index contributed by atoms with van der Waals surface area (Å²) < 4.78 is 6.01. The number of allylic oxidation sites excluding steroid dienone is 1. The molecule has 1 aromatic rings. The van der Waals surface area contributed by atoms with Crippen molar-refractivity contribution < 1.29 is 26.4 Å². The molecular formula is C22H36ClNO2. The average molecular weight is 382 g/mol. The summed E-state index contributed by atoms with van der Waals surface area (Å²) in [5.74, 6) is -0.0883. The van der Waals surface area contributed by atoms with Crippen LogP contribution in [0.2, 0.25) is 0 Å². The third-order valence-corrected chi connectivity index (χ3v) is 4.33. The van der Waals surface area contributed by atoms with E-state index in [0.717, 1.165) is 25.8 Å². The first-order chi connectivity index (χ1) is 11.9. The molecule has 1 aromatic carbocycles. The van der Waals surface area contributed by atoms with Crippen LogP contribution in [0.4, 0.5) is 0 Å². The highest BCUT2D eigenvalue weighted by atomic mass is 35.5. The van der Waals surface area contributed by atoms with Gasteiger partial charge in [0.25, 0.3) is 0 Å². The topological polar surface area (TPSA) is 26.3 Å². The van der Waals surface area contributed by atoms with Crippen molar-refractivity contribution in [1.82, 2.24) is 0 Å². The summed E-state index contributed by atoms with van der Waals surface area (Å²) in [5.41, 5.74) is 2.66. The lowest BCUT2D eigenvalue weighted by atomic mass is 10.1. The van der Waals surface area contributed by atoms with Gasteiger partial charge in [0.2, 0.25) is 0 Å². The number of hydrogen-bond acceptors (Lipinski definition) is 2. The van der Waals surface area contributed by atoms with Crippen LogP contribution in [0.3, 0.4) is 0 Å². The molecule has 0 aliphatic heterocycles. The van der Waals surface area contributed by atoms with E-state index in [4.69, 9.17) is 4.74 Å². The van der Waals surface area contributed by atoms with Crippen molar-refractivity contribution in [3.63, 3.8) is 0 Å². The highest BCUT2D eigenvalue weighted by Crippen LogP contribution is 2.09. The fourth-order valence-electron chi connectivity index (χ4n) is 2.74. The van der Waals surface area contributed by atoms with Crippen molar-refractivity contribution in [3.05, 3.63) is 47.5 Å². The van der Waals surface area contributed by atoms with Crippen LogP contribution in [0.25, 0.3) is 0 Å². The molecule has 26 heavy (non-hydrogen) atoms. The Bertz CT molecular complexity index is 526. The number of likely N-dealkylation sites (N-methyl/N-ethyl adjacent to an activating group) is 1. The second kappa shape index (κ2) is 13.8. The van der Waals surface area contributed by atoms with E-state index in [2.05, 4.69) is 58.3 Å². The number of carbonyl (C=O) groups excluding carboxylic acids is 1. The zero-order valence-electron chi connectivity index (χ0n) is 17.0. The van der Waals surface area contributed by atoms with Gasteiger partial charge in [-0.25, -0.2) is 4.79 Å². The second-order valence-electron chi connectivity index (χ2n) is 7.62. The molecule has 0 N–H and O–H groups in total. The van der Waals surface area contributed by atoms with Crippen molar-refractivity contribution in [2.45, 2.75) is 52.4 Å². The van der Waals surface area contributed by atoms with E-state index >= 15 is 0 Å². The number of unbranched alkanes of at least 4 members (excludes halogenated alkanes) is 4. The third kappa shape index (κ3) is 12.1. The molecule has 4 heteroatoms. The lowest BCUT2D eigenvalue weighted by molar-refractivity contribution is -0.877. The first-order valence-corrected chi connectivity index (χ1v) is 9.60. The minimum absolute atomic E-state index is 0. The van der Waals surface area contributed by atoms with Gasteiger partial charge in [-0.05, 0) is 31.4 Å². The number of carbonyl (C=O) groups is 1. The molecule has 0 saturated carbocycles. The van der Waals surface area contributed by atoms with Crippen LogP contribution >= 0.6 is 0 Å². The molecule has 0 heterocycles. The van der Waals surface area contributed by atoms with Gasteiger partial charge >= 0.3 is 5.97 Å². The summed E-state index contributed by atoms with van der Waals surface area (Å²) in [6.07, 6.45) is 9.08. The number of rotatable bonds is 12. The average Bonchev–Trinajstić information content (AvgIpc) is 2.57. The molecule has 0 unspecified atom stereocenters. The van der Waals surface area contributed by atoms with Gasteiger partial charge in [-0.2, -0.15) is 0 Å².